The molecule has 0 aliphatic rings. The molecule has 0 aliphatic carbocycles. The number of benzene rings is 1. The highest BCUT2D eigenvalue weighted by atomic mass is 19.3. The van der Waals surface area contributed by atoms with Crippen molar-refractivity contribution in [1.82, 2.24) is 15.0 Å². The lowest BCUT2D eigenvalue weighted by molar-refractivity contribution is -0.159. The highest BCUT2D eigenvalue weighted by molar-refractivity contribution is 6.03. The fourth-order valence-electron chi connectivity index (χ4n) is 3.57. The first-order valence-electron chi connectivity index (χ1n) is 10.6. The van der Waals surface area contributed by atoms with E-state index in [2.05, 4.69) is 30.3 Å². The second-order valence-corrected chi connectivity index (χ2v) is 7.73. The van der Waals surface area contributed by atoms with E-state index in [0.29, 0.717) is 11.3 Å². The molecule has 1 atom stereocenters. The Balaban J connectivity index is 1.58. The van der Waals surface area contributed by atoms with Crippen LogP contribution in [0.3, 0.4) is 0 Å². The van der Waals surface area contributed by atoms with Gasteiger partial charge in [0.05, 0.1) is 11.6 Å². The first-order chi connectivity index (χ1) is 16.3. The van der Waals surface area contributed by atoms with Gasteiger partial charge in [0.15, 0.2) is 0 Å². The predicted octanol–water partition coefficient (Wildman–Crippen LogP) is 5.59. The molecular weight excluding hydrogens is 440 g/mol. The summed E-state index contributed by atoms with van der Waals surface area (Å²) in [6.45, 7) is 0.558. The standard InChI is InChI=1S/C25H23F2N5O2/c1-14-4-5-19(32-24(33)22-9-16(6-7-29-22)15(2)34-25(26)27)10-20(14)17-8-18-13-31-23(28-3)11-21(18)30-12-17/h4-13,15,25H,1-3H3,(H,28,31)(H,32,33)/t15-/m0/s1. The van der Waals surface area contributed by atoms with Crippen molar-refractivity contribution in [2.75, 3.05) is 17.7 Å². The molecule has 0 unspecified atom stereocenters. The van der Waals surface area contributed by atoms with E-state index in [4.69, 9.17) is 0 Å². The molecule has 34 heavy (non-hydrogen) atoms. The number of amides is 1. The molecule has 0 fully saturated rings. The van der Waals surface area contributed by atoms with E-state index < -0.39 is 18.6 Å². The summed E-state index contributed by atoms with van der Waals surface area (Å²) in [7, 11) is 1.80. The van der Waals surface area contributed by atoms with Crippen molar-refractivity contribution in [3.63, 3.8) is 0 Å². The van der Waals surface area contributed by atoms with Gasteiger partial charge in [0.2, 0.25) is 0 Å². The lowest BCUT2D eigenvalue weighted by atomic mass is 10.00. The molecule has 9 heteroatoms. The summed E-state index contributed by atoms with van der Waals surface area (Å²) in [4.78, 5) is 25.7. The van der Waals surface area contributed by atoms with Gasteiger partial charge in [-0.05, 0) is 60.9 Å². The van der Waals surface area contributed by atoms with Crippen LogP contribution in [0.4, 0.5) is 20.3 Å². The Morgan fingerprint density at radius 1 is 1.03 bits per heavy atom. The van der Waals surface area contributed by atoms with Gasteiger partial charge in [0.25, 0.3) is 5.91 Å². The van der Waals surface area contributed by atoms with Gasteiger partial charge >= 0.3 is 6.61 Å². The summed E-state index contributed by atoms with van der Waals surface area (Å²) in [6, 6.07) is 12.4. The van der Waals surface area contributed by atoms with Gasteiger partial charge in [0.1, 0.15) is 11.5 Å². The van der Waals surface area contributed by atoms with Crippen LogP contribution in [0, 0.1) is 6.92 Å². The molecule has 0 saturated carbocycles. The summed E-state index contributed by atoms with van der Waals surface area (Å²) >= 11 is 0. The Morgan fingerprint density at radius 2 is 1.85 bits per heavy atom. The molecule has 7 nitrogen and oxygen atoms in total. The summed E-state index contributed by atoms with van der Waals surface area (Å²) in [6.07, 6.45) is 4.06. The maximum absolute atomic E-state index is 12.8. The molecule has 4 rings (SSSR count). The van der Waals surface area contributed by atoms with Crippen LogP contribution in [0.2, 0.25) is 0 Å². The SMILES string of the molecule is CNc1cc2ncc(-c3cc(NC(=O)c4cc([C@H](C)OC(F)F)ccn4)ccc3C)cc2cn1. The highest BCUT2D eigenvalue weighted by Crippen LogP contribution is 2.29. The van der Waals surface area contributed by atoms with Crippen molar-refractivity contribution < 1.29 is 18.3 Å². The van der Waals surface area contributed by atoms with Crippen LogP contribution < -0.4 is 10.6 Å². The summed E-state index contributed by atoms with van der Waals surface area (Å²) < 4.78 is 29.5. The number of anilines is 2. The molecule has 1 amide bonds. The number of nitrogens with one attached hydrogen (secondary N) is 2. The third-order valence-corrected chi connectivity index (χ3v) is 5.42. The van der Waals surface area contributed by atoms with Gasteiger partial charge in [-0.25, -0.2) is 4.98 Å². The number of alkyl halides is 2. The normalized spacial score (nSPS) is 12.1. The van der Waals surface area contributed by atoms with Crippen LogP contribution in [0.15, 0.2) is 61.1 Å². The molecule has 3 aromatic heterocycles. The molecule has 174 valence electrons. The van der Waals surface area contributed by atoms with Crippen LogP contribution in [-0.2, 0) is 4.74 Å². The van der Waals surface area contributed by atoms with Crippen LogP contribution in [0.1, 0.15) is 34.6 Å². The Bertz CT molecular complexity index is 1350. The van der Waals surface area contributed by atoms with Gasteiger partial charge in [-0.1, -0.05) is 6.07 Å². The highest BCUT2D eigenvalue weighted by Gasteiger charge is 2.16. The fourth-order valence-corrected chi connectivity index (χ4v) is 3.57. The largest absolute Gasteiger partial charge is 0.373 e. The van der Waals surface area contributed by atoms with E-state index in [9.17, 15) is 13.6 Å². The molecule has 0 saturated heterocycles. The number of carbonyl (C=O) groups is 1. The number of nitrogens with zero attached hydrogens (tertiary/aromatic N) is 3. The average Bonchev–Trinajstić information content (AvgIpc) is 2.84. The number of rotatable bonds is 7. The second kappa shape index (κ2) is 9.88. The summed E-state index contributed by atoms with van der Waals surface area (Å²) in [5.41, 5.74) is 4.73. The van der Waals surface area contributed by atoms with Gasteiger partial charge < -0.3 is 15.4 Å². The number of hydrogen-bond acceptors (Lipinski definition) is 6. The van der Waals surface area contributed by atoms with E-state index >= 15 is 0 Å². The second-order valence-electron chi connectivity index (χ2n) is 7.73. The van der Waals surface area contributed by atoms with Crippen molar-refractivity contribution in [2.24, 2.45) is 0 Å². The third-order valence-electron chi connectivity index (χ3n) is 5.42. The number of pyridine rings is 3. The Hall–Kier alpha value is -3.98. The van der Waals surface area contributed by atoms with Crippen molar-refractivity contribution >= 4 is 28.3 Å². The number of hydrogen-bond donors (Lipinski definition) is 2. The average molecular weight is 463 g/mol. The Labute approximate surface area is 195 Å². The molecule has 0 spiro atoms. The predicted molar refractivity (Wildman–Crippen MR) is 127 cm³/mol. The minimum Gasteiger partial charge on any atom is -0.373 e. The molecule has 0 aliphatic heterocycles. The molecular formula is C25H23F2N5O2. The molecule has 0 radical (unpaired) electrons. The fraction of sp³-hybridized carbons (Fsp3) is 0.200. The monoisotopic (exact) mass is 463 g/mol. The summed E-state index contributed by atoms with van der Waals surface area (Å²) in [5.74, 6) is 0.280. The summed E-state index contributed by atoms with van der Waals surface area (Å²) in [5, 5.41) is 6.71. The third kappa shape index (κ3) is 5.15. The van der Waals surface area contributed by atoms with Crippen LogP contribution in [-0.4, -0.2) is 34.5 Å². The topological polar surface area (TPSA) is 89.0 Å². The number of aryl methyl sites for hydroxylation is 1. The quantitative estimate of drug-likeness (QED) is 0.371. The zero-order chi connectivity index (χ0) is 24.2. The van der Waals surface area contributed by atoms with Crippen molar-refractivity contribution in [3.8, 4) is 11.1 Å². The van der Waals surface area contributed by atoms with Crippen molar-refractivity contribution in [1.29, 1.82) is 0 Å². The van der Waals surface area contributed by atoms with E-state index in [1.807, 2.05) is 31.2 Å². The molecule has 1 aromatic carbocycles. The minimum absolute atomic E-state index is 0.100. The zero-order valence-corrected chi connectivity index (χ0v) is 18.8. The van der Waals surface area contributed by atoms with Crippen LogP contribution in [0.25, 0.3) is 22.0 Å². The first-order valence-corrected chi connectivity index (χ1v) is 10.6. The number of halogens is 2. The molecule has 0 bridgehead atoms. The Kier molecular flexibility index (Phi) is 6.74. The minimum atomic E-state index is -2.91. The smallest absolute Gasteiger partial charge is 0.345 e. The molecule has 4 aromatic rings. The zero-order valence-electron chi connectivity index (χ0n) is 18.8. The van der Waals surface area contributed by atoms with Gasteiger partial charge in [-0.3, -0.25) is 14.8 Å². The van der Waals surface area contributed by atoms with Crippen molar-refractivity contribution in [3.05, 3.63) is 77.9 Å². The lowest BCUT2D eigenvalue weighted by Gasteiger charge is -2.14. The van der Waals surface area contributed by atoms with Gasteiger partial charge in [-0.2, -0.15) is 8.78 Å². The van der Waals surface area contributed by atoms with Crippen molar-refractivity contribution in [2.45, 2.75) is 26.6 Å². The van der Waals surface area contributed by atoms with E-state index in [1.165, 1.54) is 25.3 Å². The van der Waals surface area contributed by atoms with Gasteiger partial charge in [-0.15, -0.1) is 0 Å². The number of fused-ring (bicyclic) bond motifs is 1. The first kappa shape index (κ1) is 23.2. The number of aromatic nitrogens is 3. The van der Waals surface area contributed by atoms with Gasteiger partial charge in [0, 0.05) is 48.3 Å². The van der Waals surface area contributed by atoms with E-state index in [-0.39, 0.29) is 5.69 Å². The maximum atomic E-state index is 12.8. The molecule has 2 N–H and O–H groups in total. The van der Waals surface area contributed by atoms with Crippen LogP contribution >= 0.6 is 0 Å². The number of carbonyl (C=O) groups excluding carboxylic acids is 1. The lowest BCUT2D eigenvalue weighted by Crippen LogP contribution is -2.15. The van der Waals surface area contributed by atoms with E-state index in [0.717, 1.165) is 33.4 Å². The number of ether oxygens (including phenoxy) is 1. The van der Waals surface area contributed by atoms with Crippen LogP contribution in [0.5, 0.6) is 0 Å². The van der Waals surface area contributed by atoms with E-state index in [1.54, 1.807) is 25.5 Å². The molecule has 3 heterocycles. The maximum Gasteiger partial charge on any atom is 0.345 e. The Morgan fingerprint density at radius 3 is 2.62 bits per heavy atom.